The van der Waals surface area contributed by atoms with Gasteiger partial charge in [0.25, 0.3) is 0 Å². The molecule has 0 aliphatic rings. The highest BCUT2D eigenvalue weighted by Crippen LogP contribution is 2.27. The number of benzene rings is 1. The molecule has 0 unspecified atom stereocenters. The van der Waals surface area contributed by atoms with Crippen molar-refractivity contribution in [1.29, 1.82) is 0 Å². The first-order valence-electron chi connectivity index (χ1n) is 5.08. The minimum absolute atomic E-state index is 0.0197. The number of amides is 1. The first-order chi connectivity index (χ1) is 7.63. The molecule has 0 spiro atoms. The van der Waals surface area contributed by atoms with Crippen molar-refractivity contribution in [2.45, 2.75) is 18.2 Å². The Morgan fingerprint density at radius 2 is 2.31 bits per heavy atom. The Bertz CT molecular complexity index is 371. The Balaban J connectivity index is 2.47. The summed E-state index contributed by atoms with van der Waals surface area (Å²) < 4.78 is 0. The molecule has 16 heavy (non-hydrogen) atoms. The second kappa shape index (κ2) is 6.66. The van der Waals surface area contributed by atoms with Crippen molar-refractivity contribution >= 4 is 35.0 Å². The summed E-state index contributed by atoms with van der Waals surface area (Å²) in [5.74, 6) is 0.385. The number of nitrogen functional groups attached to an aromatic ring is 1. The summed E-state index contributed by atoms with van der Waals surface area (Å²) in [5, 5.41) is 3.43. The molecule has 1 amide bonds. The molecule has 0 atom stereocenters. The summed E-state index contributed by atoms with van der Waals surface area (Å²) in [4.78, 5) is 12.2. The predicted molar refractivity (Wildman–Crippen MR) is 69.9 cm³/mol. The van der Waals surface area contributed by atoms with Crippen LogP contribution in [-0.4, -0.2) is 18.2 Å². The minimum atomic E-state index is 0.0197. The summed E-state index contributed by atoms with van der Waals surface area (Å²) in [6, 6.07) is 5.25. The summed E-state index contributed by atoms with van der Waals surface area (Å²) in [5.41, 5.74) is 6.42. The van der Waals surface area contributed by atoms with Gasteiger partial charge in [-0.3, -0.25) is 4.79 Å². The first kappa shape index (κ1) is 13.2. The van der Waals surface area contributed by atoms with Crippen molar-refractivity contribution in [3.63, 3.8) is 0 Å². The summed E-state index contributed by atoms with van der Waals surface area (Å²) in [6.45, 7) is 2.73. The Morgan fingerprint density at radius 3 is 3.00 bits per heavy atom. The van der Waals surface area contributed by atoms with E-state index in [0.29, 0.717) is 23.0 Å². The van der Waals surface area contributed by atoms with Gasteiger partial charge < -0.3 is 11.1 Å². The van der Waals surface area contributed by atoms with Crippen LogP contribution in [0.5, 0.6) is 0 Å². The third kappa shape index (κ3) is 4.33. The fourth-order valence-electron chi connectivity index (χ4n) is 1.09. The van der Waals surface area contributed by atoms with E-state index in [0.717, 1.165) is 11.3 Å². The molecule has 0 saturated carbocycles. The number of carbonyl (C=O) groups is 1. The highest BCUT2D eigenvalue weighted by Gasteiger charge is 2.05. The number of nitrogens with two attached hydrogens (primary N) is 1. The zero-order chi connectivity index (χ0) is 12.0. The third-order valence-corrected chi connectivity index (χ3v) is 3.21. The lowest BCUT2D eigenvalue weighted by Gasteiger charge is -2.06. The van der Waals surface area contributed by atoms with E-state index >= 15 is 0 Å². The maximum absolute atomic E-state index is 11.4. The molecular formula is C11H15ClN2OS. The molecular weight excluding hydrogens is 244 g/mol. The maximum Gasteiger partial charge on any atom is 0.230 e. The zero-order valence-electron chi connectivity index (χ0n) is 9.13. The van der Waals surface area contributed by atoms with Gasteiger partial charge in [-0.05, 0) is 24.6 Å². The van der Waals surface area contributed by atoms with Gasteiger partial charge in [0, 0.05) is 22.2 Å². The van der Waals surface area contributed by atoms with Gasteiger partial charge in [0.1, 0.15) is 0 Å². The number of hydrogen-bond acceptors (Lipinski definition) is 3. The van der Waals surface area contributed by atoms with Crippen LogP contribution in [0.2, 0.25) is 5.02 Å². The Morgan fingerprint density at radius 1 is 1.56 bits per heavy atom. The normalized spacial score (nSPS) is 10.1. The van der Waals surface area contributed by atoms with Crippen LogP contribution in [0.25, 0.3) is 0 Å². The standard InChI is InChI=1S/C11H15ClN2OS/c1-2-5-14-11(15)7-16-10-6-8(12)3-4-9(10)13/h3-4,6H,2,5,7,13H2,1H3,(H,14,15). The lowest BCUT2D eigenvalue weighted by Crippen LogP contribution is -2.25. The van der Waals surface area contributed by atoms with Gasteiger partial charge in [-0.25, -0.2) is 0 Å². The first-order valence-corrected chi connectivity index (χ1v) is 6.44. The van der Waals surface area contributed by atoms with Crippen molar-refractivity contribution in [3.05, 3.63) is 23.2 Å². The fraction of sp³-hybridized carbons (Fsp3) is 0.364. The molecule has 0 heterocycles. The summed E-state index contributed by atoms with van der Waals surface area (Å²) in [6.07, 6.45) is 0.940. The van der Waals surface area contributed by atoms with Crippen LogP contribution >= 0.6 is 23.4 Å². The van der Waals surface area contributed by atoms with Crippen molar-refractivity contribution in [2.75, 3.05) is 18.0 Å². The van der Waals surface area contributed by atoms with E-state index in [2.05, 4.69) is 5.32 Å². The topological polar surface area (TPSA) is 55.1 Å². The molecule has 1 aromatic carbocycles. The number of halogens is 1. The van der Waals surface area contributed by atoms with Crippen LogP contribution in [0, 0.1) is 0 Å². The highest BCUT2D eigenvalue weighted by molar-refractivity contribution is 8.00. The van der Waals surface area contributed by atoms with E-state index in [1.54, 1.807) is 18.2 Å². The number of hydrogen-bond donors (Lipinski definition) is 2. The number of thioether (sulfide) groups is 1. The number of rotatable bonds is 5. The molecule has 0 aliphatic carbocycles. The SMILES string of the molecule is CCCNC(=O)CSc1cc(Cl)ccc1N. The van der Waals surface area contributed by atoms with E-state index in [9.17, 15) is 4.79 Å². The molecule has 0 aliphatic heterocycles. The molecule has 0 bridgehead atoms. The van der Waals surface area contributed by atoms with Crippen molar-refractivity contribution in [2.24, 2.45) is 0 Å². The molecule has 3 nitrogen and oxygen atoms in total. The molecule has 5 heteroatoms. The van der Waals surface area contributed by atoms with Crippen LogP contribution in [0.4, 0.5) is 5.69 Å². The van der Waals surface area contributed by atoms with Gasteiger partial charge in [0.2, 0.25) is 5.91 Å². The molecule has 1 aromatic rings. The van der Waals surface area contributed by atoms with E-state index in [1.165, 1.54) is 11.8 Å². The van der Waals surface area contributed by atoms with Crippen LogP contribution in [0.1, 0.15) is 13.3 Å². The molecule has 3 N–H and O–H groups in total. The van der Waals surface area contributed by atoms with Crippen molar-refractivity contribution in [3.8, 4) is 0 Å². The van der Waals surface area contributed by atoms with Crippen LogP contribution in [0.15, 0.2) is 23.1 Å². The summed E-state index contributed by atoms with van der Waals surface area (Å²) >= 11 is 7.24. The fourth-order valence-corrected chi connectivity index (χ4v) is 2.16. The zero-order valence-corrected chi connectivity index (χ0v) is 10.7. The van der Waals surface area contributed by atoms with E-state index in [1.807, 2.05) is 6.92 Å². The Hall–Kier alpha value is -0.870. The lowest BCUT2D eigenvalue weighted by atomic mass is 10.3. The van der Waals surface area contributed by atoms with Crippen molar-refractivity contribution < 1.29 is 4.79 Å². The largest absolute Gasteiger partial charge is 0.398 e. The Kier molecular flexibility index (Phi) is 5.49. The van der Waals surface area contributed by atoms with Crippen LogP contribution in [0.3, 0.4) is 0 Å². The molecule has 88 valence electrons. The van der Waals surface area contributed by atoms with Crippen molar-refractivity contribution in [1.82, 2.24) is 5.32 Å². The monoisotopic (exact) mass is 258 g/mol. The van der Waals surface area contributed by atoms with E-state index < -0.39 is 0 Å². The minimum Gasteiger partial charge on any atom is -0.398 e. The lowest BCUT2D eigenvalue weighted by molar-refractivity contribution is -0.118. The average molecular weight is 259 g/mol. The van der Waals surface area contributed by atoms with Gasteiger partial charge in [0.05, 0.1) is 5.75 Å². The molecule has 1 rings (SSSR count). The summed E-state index contributed by atoms with van der Waals surface area (Å²) in [7, 11) is 0. The molecule has 0 fully saturated rings. The molecule has 0 aromatic heterocycles. The second-order valence-electron chi connectivity index (χ2n) is 3.32. The van der Waals surface area contributed by atoms with Gasteiger partial charge in [-0.2, -0.15) is 0 Å². The second-order valence-corrected chi connectivity index (χ2v) is 4.77. The van der Waals surface area contributed by atoms with Crippen LogP contribution in [-0.2, 0) is 4.79 Å². The Labute approximate surface area is 105 Å². The highest BCUT2D eigenvalue weighted by atomic mass is 35.5. The average Bonchev–Trinajstić information content (AvgIpc) is 2.27. The van der Waals surface area contributed by atoms with Gasteiger partial charge in [-0.15, -0.1) is 11.8 Å². The smallest absolute Gasteiger partial charge is 0.230 e. The molecule has 0 saturated heterocycles. The number of anilines is 1. The number of carbonyl (C=O) groups excluding carboxylic acids is 1. The molecule has 0 radical (unpaired) electrons. The van der Waals surface area contributed by atoms with Gasteiger partial charge >= 0.3 is 0 Å². The number of nitrogens with one attached hydrogen (secondary N) is 1. The van der Waals surface area contributed by atoms with E-state index in [-0.39, 0.29) is 5.91 Å². The predicted octanol–water partition coefficient (Wildman–Crippen LogP) is 2.54. The third-order valence-electron chi connectivity index (χ3n) is 1.91. The maximum atomic E-state index is 11.4. The van der Waals surface area contributed by atoms with E-state index in [4.69, 9.17) is 17.3 Å². The van der Waals surface area contributed by atoms with Crippen LogP contribution < -0.4 is 11.1 Å². The quantitative estimate of drug-likeness (QED) is 0.630. The van der Waals surface area contributed by atoms with Gasteiger partial charge in [-0.1, -0.05) is 18.5 Å². The van der Waals surface area contributed by atoms with Gasteiger partial charge in [0.15, 0.2) is 0 Å².